The Hall–Kier alpha value is -2.37. The minimum absolute atomic E-state index is 0.0727. The van der Waals surface area contributed by atoms with Crippen LogP contribution in [0.5, 0.6) is 0 Å². The van der Waals surface area contributed by atoms with Gasteiger partial charge in [-0.1, -0.05) is 42.4 Å². The van der Waals surface area contributed by atoms with Crippen molar-refractivity contribution in [3.8, 4) is 0 Å². The predicted molar refractivity (Wildman–Crippen MR) is 79.8 cm³/mol. The summed E-state index contributed by atoms with van der Waals surface area (Å²) < 4.78 is 5.50. The van der Waals surface area contributed by atoms with Gasteiger partial charge in [-0.15, -0.1) is 5.10 Å². The lowest BCUT2D eigenvalue weighted by Gasteiger charge is -2.21. The number of hydrogen-bond acceptors (Lipinski definition) is 5. The molecule has 21 heavy (non-hydrogen) atoms. The third kappa shape index (κ3) is 3.81. The smallest absolute Gasteiger partial charge is 0.316 e. The number of likely N-dealkylation sites (N-methyl/N-ethyl adjacent to an activating group) is 1. The Balaban J connectivity index is 2.21. The van der Waals surface area contributed by atoms with E-state index in [0.717, 1.165) is 18.4 Å². The van der Waals surface area contributed by atoms with Crippen molar-refractivity contribution >= 4 is 11.9 Å². The first kappa shape index (κ1) is 15.0. The van der Waals surface area contributed by atoms with Crippen molar-refractivity contribution in [3.05, 3.63) is 41.8 Å². The van der Waals surface area contributed by atoms with Crippen LogP contribution in [0.1, 0.15) is 30.8 Å². The van der Waals surface area contributed by atoms with Crippen LogP contribution in [-0.4, -0.2) is 35.1 Å². The van der Waals surface area contributed by atoms with Gasteiger partial charge < -0.3 is 14.6 Å². The molecule has 1 atom stereocenters. The van der Waals surface area contributed by atoms with Crippen LogP contribution in [0, 0.1) is 0 Å². The fourth-order valence-electron chi connectivity index (χ4n) is 1.94. The predicted octanol–water partition coefficient (Wildman–Crippen LogP) is 2.26. The maximum Gasteiger partial charge on any atom is 0.316 e. The quantitative estimate of drug-likeness (QED) is 0.882. The Bertz CT molecular complexity index is 580. The van der Waals surface area contributed by atoms with Crippen molar-refractivity contribution in [1.29, 1.82) is 0 Å². The van der Waals surface area contributed by atoms with Gasteiger partial charge in [-0.25, -0.2) is 0 Å². The number of nitrogens with zero attached hydrogens (tertiary/aromatic N) is 3. The maximum absolute atomic E-state index is 12.4. The van der Waals surface area contributed by atoms with E-state index in [1.165, 1.54) is 4.90 Å². The highest BCUT2D eigenvalue weighted by Gasteiger charge is 2.24. The van der Waals surface area contributed by atoms with Crippen molar-refractivity contribution < 1.29 is 9.21 Å². The molecule has 1 heterocycles. The molecule has 0 saturated carbocycles. The number of rotatable bonds is 6. The standard InChI is InChI=1S/C15H20N4O2/c1-4-8-12-17-18-15(21-12)16-13(14(20)19(2)3)11-9-6-5-7-10-11/h5-7,9-10,13H,4,8H2,1-3H3,(H,16,18)/t13-/m0/s1. The fraction of sp³-hybridized carbons (Fsp3) is 0.400. The SMILES string of the molecule is CCCc1nnc(N[C@H](C(=O)N(C)C)c2ccccc2)o1. The van der Waals surface area contributed by atoms with Gasteiger partial charge in [-0.3, -0.25) is 4.79 Å². The van der Waals surface area contributed by atoms with Crippen LogP contribution in [0.4, 0.5) is 6.01 Å². The Morgan fingerprint density at radius 2 is 2.00 bits per heavy atom. The average Bonchev–Trinajstić information content (AvgIpc) is 2.93. The number of nitrogens with one attached hydrogen (secondary N) is 1. The fourth-order valence-corrected chi connectivity index (χ4v) is 1.94. The van der Waals surface area contributed by atoms with Crippen LogP contribution < -0.4 is 5.32 Å². The minimum atomic E-state index is -0.545. The molecule has 0 unspecified atom stereocenters. The number of anilines is 1. The van der Waals surface area contributed by atoms with E-state index in [-0.39, 0.29) is 11.9 Å². The molecule has 0 saturated heterocycles. The molecule has 0 aliphatic carbocycles. The van der Waals surface area contributed by atoms with Gasteiger partial charge in [0, 0.05) is 20.5 Å². The van der Waals surface area contributed by atoms with E-state index in [4.69, 9.17) is 4.42 Å². The van der Waals surface area contributed by atoms with Crippen LogP contribution >= 0.6 is 0 Å². The lowest BCUT2D eigenvalue weighted by Crippen LogP contribution is -2.32. The molecule has 1 N–H and O–H groups in total. The van der Waals surface area contributed by atoms with Gasteiger partial charge >= 0.3 is 6.01 Å². The molecule has 0 aliphatic rings. The third-order valence-corrected chi connectivity index (χ3v) is 3.02. The van der Waals surface area contributed by atoms with E-state index in [1.807, 2.05) is 37.3 Å². The first-order valence-corrected chi connectivity index (χ1v) is 6.96. The van der Waals surface area contributed by atoms with Gasteiger partial charge in [0.15, 0.2) is 0 Å². The van der Waals surface area contributed by atoms with Crippen LogP contribution in [0.25, 0.3) is 0 Å². The lowest BCUT2D eigenvalue weighted by molar-refractivity contribution is -0.129. The molecule has 2 aromatic rings. The summed E-state index contributed by atoms with van der Waals surface area (Å²) >= 11 is 0. The summed E-state index contributed by atoms with van der Waals surface area (Å²) in [5, 5.41) is 10.9. The summed E-state index contributed by atoms with van der Waals surface area (Å²) in [6, 6.07) is 9.20. The van der Waals surface area contributed by atoms with Crippen LogP contribution in [0.3, 0.4) is 0 Å². The van der Waals surface area contributed by atoms with Crippen molar-refractivity contribution in [2.45, 2.75) is 25.8 Å². The van der Waals surface area contributed by atoms with Crippen LogP contribution in [0.15, 0.2) is 34.7 Å². The van der Waals surface area contributed by atoms with Gasteiger partial charge in [0.05, 0.1) is 0 Å². The zero-order valence-electron chi connectivity index (χ0n) is 12.5. The van der Waals surface area contributed by atoms with Crippen LogP contribution in [-0.2, 0) is 11.2 Å². The van der Waals surface area contributed by atoms with E-state index in [2.05, 4.69) is 15.5 Å². The Morgan fingerprint density at radius 3 is 2.62 bits per heavy atom. The van der Waals surface area contributed by atoms with Crippen molar-refractivity contribution in [2.24, 2.45) is 0 Å². The summed E-state index contributed by atoms with van der Waals surface area (Å²) in [7, 11) is 3.44. The molecule has 0 bridgehead atoms. The molecule has 112 valence electrons. The largest absolute Gasteiger partial charge is 0.408 e. The summed E-state index contributed by atoms with van der Waals surface area (Å²) in [5.41, 5.74) is 0.853. The highest BCUT2D eigenvalue weighted by atomic mass is 16.4. The normalized spacial score (nSPS) is 12.0. The molecular weight excluding hydrogens is 268 g/mol. The first-order chi connectivity index (χ1) is 10.1. The molecule has 0 aliphatic heterocycles. The Morgan fingerprint density at radius 1 is 1.29 bits per heavy atom. The number of carbonyl (C=O) groups excluding carboxylic acids is 1. The third-order valence-electron chi connectivity index (χ3n) is 3.02. The second-order valence-corrected chi connectivity index (χ2v) is 4.97. The first-order valence-electron chi connectivity index (χ1n) is 6.96. The number of carbonyl (C=O) groups is 1. The summed E-state index contributed by atoms with van der Waals surface area (Å²) in [6.07, 6.45) is 1.66. The average molecular weight is 288 g/mol. The van der Waals surface area contributed by atoms with Crippen LogP contribution in [0.2, 0.25) is 0 Å². The lowest BCUT2D eigenvalue weighted by atomic mass is 10.1. The van der Waals surface area contributed by atoms with Crippen molar-refractivity contribution in [2.75, 3.05) is 19.4 Å². The summed E-state index contributed by atoms with van der Waals surface area (Å²) in [4.78, 5) is 13.9. The molecule has 6 heteroatoms. The van der Waals surface area contributed by atoms with Crippen molar-refractivity contribution in [3.63, 3.8) is 0 Å². The molecule has 2 rings (SSSR count). The molecular formula is C15H20N4O2. The number of hydrogen-bond donors (Lipinski definition) is 1. The van der Waals surface area contributed by atoms with E-state index in [1.54, 1.807) is 14.1 Å². The summed E-state index contributed by atoms with van der Waals surface area (Å²) in [5.74, 6) is 0.501. The monoisotopic (exact) mass is 288 g/mol. The van der Waals surface area contributed by atoms with Gasteiger partial charge in [0.2, 0.25) is 11.8 Å². The van der Waals surface area contributed by atoms with E-state index >= 15 is 0 Å². The highest BCUT2D eigenvalue weighted by molar-refractivity contribution is 5.85. The van der Waals surface area contributed by atoms with Gasteiger partial charge in [0.25, 0.3) is 0 Å². The second kappa shape index (κ2) is 6.88. The van der Waals surface area contributed by atoms with E-state index < -0.39 is 6.04 Å². The number of aromatic nitrogens is 2. The highest BCUT2D eigenvalue weighted by Crippen LogP contribution is 2.20. The number of aryl methyl sites for hydroxylation is 1. The minimum Gasteiger partial charge on any atom is -0.408 e. The molecule has 1 aromatic carbocycles. The van der Waals surface area contributed by atoms with Gasteiger partial charge in [-0.05, 0) is 12.0 Å². The zero-order chi connectivity index (χ0) is 15.2. The van der Waals surface area contributed by atoms with E-state index in [0.29, 0.717) is 5.89 Å². The van der Waals surface area contributed by atoms with Gasteiger partial charge in [0.1, 0.15) is 6.04 Å². The molecule has 0 spiro atoms. The summed E-state index contributed by atoms with van der Waals surface area (Å²) in [6.45, 7) is 2.04. The number of amides is 1. The molecule has 0 radical (unpaired) electrons. The molecule has 0 fully saturated rings. The zero-order valence-corrected chi connectivity index (χ0v) is 12.5. The second-order valence-electron chi connectivity index (χ2n) is 4.97. The molecule has 1 amide bonds. The molecule has 6 nitrogen and oxygen atoms in total. The Labute approximate surface area is 124 Å². The topological polar surface area (TPSA) is 71.3 Å². The maximum atomic E-state index is 12.4. The van der Waals surface area contributed by atoms with E-state index in [9.17, 15) is 4.79 Å². The Kier molecular flexibility index (Phi) is 4.92. The van der Waals surface area contributed by atoms with Crippen molar-refractivity contribution in [1.82, 2.24) is 15.1 Å². The number of benzene rings is 1. The van der Waals surface area contributed by atoms with Gasteiger partial charge in [-0.2, -0.15) is 0 Å². The molecule has 1 aromatic heterocycles.